The fourth-order valence-corrected chi connectivity index (χ4v) is 5.77. The van der Waals surface area contributed by atoms with Crippen LogP contribution in [0, 0.1) is 0 Å². The lowest BCUT2D eigenvalue weighted by molar-refractivity contribution is -0.143. The van der Waals surface area contributed by atoms with Gasteiger partial charge in [-0.05, 0) is 60.6 Å². The minimum absolute atomic E-state index is 0.0758. The van der Waals surface area contributed by atoms with Gasteiger partial charge in [-0.3, -0.25) is 9.69 Å². The van der Waals surface area contributed by atoms with Gasteiger partial charge in [-0.15, -0.1) is 0 Å². The van der Waals surface area contributed by atoms with E-state index in [0.29, 0.717) is 21.7 Å². The highest BCUT2D eigenvalue weighted by Crippen LogP contribution is 2.39. The van der Waals surface area contributed by atoms with Crippen molar-refractivity contribution < 1.29 is 40.6 Å². The van der Waals surface area contributed by atoms with Crippen molar-refractivity contribution in [2.45, 2.75) is 51.6 Å². The maximum absolute atomic E-state index is 13.5. The molecule has 0 radical (unpaired) electrons. The van der Waals surface area contributed by atoms with Crippen LogP contribution in [-0.2, 0) is 23.8 Å². The molecule has 13 heteroatoms. The number of carbonyl (C=O) groups is 1. The molecule has 0 atom stereocenters. The van der Waals surface area contributed by atoms with Crippen molar-refractivity contribution in [1.29, 1.82) is 0 Å². The van der Waals surface area contributed by atoms with Crippen molar-refractivity contribution in [2.75, 3.05) is 39.8 Å². The lowest BCUT2D eigenvalue weighted by Crippen LogP contribution is -2.47. The molecule has 2 aliphatic rings. The number of amides is 1. The predicted octanol–water partition coefficient (Wildman–Crippen LogP) is 7.48. The average molecular weight is 630 g/mol. The summed E-state index contributed by atoms with van der Waals surface area (Å²) >= 11 is 1.29. The summed E-state index contributed by atoms with van der Waals surface area (Å²) in [5, 5.41) is 0.658. The summed E-state index contributed by atoms with van der Waals surface area (Å²) in [4.78, 5) is 21.8. The van der Waals surface area contributed by atoms with E-state index in [2.05, 4.69) is 21.7 Å². The second-order valence-electron chi connectivity index (χ2n) is 10.3. The standard InChI is InChI=1S/C30H33F6N3O3S/c1-3-4-5-6-11-38-12-14-39(15-13-38)28-37-27(40)26(43-28)17-20-7-10-24(25(16-20)41-2)42-19-21-8-9-22(29(31,32)33)18-23(21)30(34,35)36/h7-10,16-18H,3-6,11-15,19H2,1-2H3/b26-17-. The van der Waals surface area contributed by atoms with Gasteiger partial charge in [0.2, 0.25) is 0 Å². The number of thioether (sulfide) groups is 1. The van der Waals surface area contributed by atoms with Crippen LogP contribution in [0.2, 0.25) is 0 Å². The fraction of sp³-hybridized carbons (Fsp3) is 0.467. The Morgan fingerprint density at radius 2 is 1.67 bits per heavy atom. The molecule has 0 N–H and O–H groups in total. The van der Waals surface area contributed by atoms with E-state index >= 15 is 0 Å². The Labute approximate surface area is 250 Å². The molecular weight excluding hydrogens is 596 g/mol. The van der Waals surface area contributed by atoms with E-state index in [9.17, 15) is 31.1 Å². The summed E-state index contributed by atoms with van der Waals surface area (Å²) in [5.41, 5.74) is -2.70. The molecule has 234 valence electrons. The van der Waals surface area contributed by atoms with E-state index in [1.807, 2.05) is 0 Å². The largest absolute Gasteiger partial charge is 0.493 e. The van der Waals surface area contributed by atoms with Crippen LogP contribution in [-0.4, -0.2) is 60.7 Å². The van der Waals surface area contributed by atoms with Gasteiger partial charge in [0.1, 0.15) is 6.61 Å². The molecule has 43 heavy (non-hydrogen) atoms. The van der Waals surface area contributed by atoms with E-state index in [0.717, 1.165) is 38.8 Å². The average Bonchev–Trinajstić information content (AvgIpc) is 3.33. The summed E-state index contributed by atoms with van der Waals surface area (Å²) in [5.74, 6) is -0.0858. The summed E-state index contributed by atoms with van der Waals surface area (Å²) in [7, 11) is 1.35. The number of benzene rings is 2. The number of hydrogen-bond donors (Lipinski definition) is 0. The predicted molar refractivity (Wildman–Crippen MR) is 154 cm³/mol. The first-order valence-electron chi connectivity index (χ1n) is 14.0. The van der Waals surface area contributed by atoms with Crippen LogP contribution in [0.3, 0.4) is 0 Å². The Bertz CT molecular complexity index is 1350. The highest BCUT2D eigenvalue weighted by atomic mass is 32.2. The molecule has 0 unspecified atom stereocenters. The molecule has 0 aliphatic carbocycles. The first-order chi connectivity index (χ1) is 20.4. The highest BCUT2D eigenvalue weighted by Gasteiger charge is 2.38. The molecule has 2 aliphatic heterocycles. The van der Waals surface area contributed by atoms with Gasteiger partial charge in [-0.25, -0.2) is 0 Å². The second kappa shape index (κ2) is 14.1. The fourth-order valence-electron chi connectivity index (χ4n) is 4.80. The molecule has 4 rings (SSSR count). The third-order valence-corrected chi connectivity index (χ3v) is 8.24. The van der Waals surface area contributed by atoms with Crippen LogP contribution in [0.25, 0.3) is 6.08 Å². The van der Waals surface area contributed by atoms with Gasteiger partial charge < -0.3 is 14.4 Å². The molecule has 6 nitrogen and oxygen atoms in total. The minimum Gasteiger partial charge on any atom is -0.493 e. The second-order valence-corrected chi connectivity index (χ2v) is 11.3. The smallest absolute Gasteiger partial charge is 0.416 e. The highest BCUT2D eigenvalue weighted by molar-refractivity contribution is 8.18. The Balaban J connectivity index is 1.39. The first kappa shape index (κ1) is 32.7. The number of rotatable bonds is 10. The van der Waals surface area contributed by atoms with E-state index in [1.54, 1.807) is 18.2 Å². The third-order valence-electron chi connectivity index (χ3n) is 7.19. The maximum atomic E-state index is 13.5. The van der Waals surface area contributed by atoms with Crippen molar-refractivity contribution in [1.82, 2.24) is 9.80 Å². The number of aliphatic imine (C=N–C) groups is 1. The molecule has 2 aromatic carbocycles. The van der Waals surface area contributed by atoms with Gasteiger partial charge >= 0.3 is 12.4 Å². The van der Waals surface area contributed by atoms with Gasteiger partial charge in [0.05, 0.1) is 23.1 Å². The lowest BCUT2D eigenvalue weighted by Gasteiger charge is -2.35. The lowest BCUT2D eigenvalue weighted by atomic mass is 10.0. The molecule has 1 fully saturated rings. The molecule has 2 aromatic rings. The monoisotopic (exact) mass is 629 g/mol. The zero-order valence-corrected chi connectivity index (χ0v) is 24.7. The number of hydrogen-bond acceptors (Lipinski definition) is 6. The summed E-state index contributed by atoms with van der Waals surface area (Å²) in [6.07, 6.45) is -3.40. The number of methoxy groups -OCH3 is 1. The molecule has 2 heterocycles. The minimum atomic E-state index is -5.01. The number of alkyl halides is 6. The number of unbranched alkanes of at least 4 members (excludes halogenated alkanes) is 3. The molecule has 1 amide bonds. The number of ether oxygens (including phenoxy) is 2. The zero-order valence-electron chi connectivity index (χ0n) is 23.9. The molecular formula is C30H33F6N3O3S. The number of carbonyl (C=O) groups excluding carboxylic acids is 1. The summed E-state index contributed by atoms with van der Waals surface area (Å²) in [6.45, 7) is 6.03. The Kier molecular flexibility index (Phi) is 10.7. The quantitative estimate of drug-likeness (QED) is 0.154. The van der Waals surface area contributed by atoms with Crippen molar-refractivity contribution in [3.05, 3.63) is 63.6 Å². The normalized spacial score (nSPS) is 17.5. The van der Waals surface area contributed by atoms with Gasteiger partial charge in [-0.2, -0.15) is 31.3 Å². The van der Waals surface area contributed by atoms with Gasteiger partial charge in [0.15, 0.2) is 16.7 Å². The van der Waals surface area contributed by atoms with Crippen molar-refractivity contribution in [2.24, 2.45) is 4.99 Å². The van der Waals surface area contributed by atoms with Crippen molar-refractivity contribution in [3.8, 4) is 11.5 Å². The first-order valence-corrected chi connectivity index (χ1v) is 14.8. The van der Waals surface area contributed by atoms with Crippen LogP contribution >= 0.6 is 11.8 Å². The SMILES string of the molecule is CCCCCCN1CCN(C2=NC(=O)/C(=C/c3ccc(OCc4ccc(C(F)(F)F)cc4C(F)(F)F)c(OC)c3)S2)CC1. The summed E-state index contributed by atoms with van der Waals surface area (Å²) < 4.78 is 90.3. The van der Waals surface area contributed by atoms with Crippen LogP contribution in [0.1, 0.15) is 54.9 Å². The Hall–Kier alpha value is -3.19. The van der Waals surface area contributed by atoms with E-state index in [-0.39, 0.29) is 23.5 Å². The number of halogens is 6. The van der Waals surface area contributed by atoms with Crippen LogP contribution in [0.4, 0.5) is 26.3 Å². The number of piperazine rings is 1. The van der Waals surface area contributed by atoms with Gasteiger partial charge in [0.25, 0.3) is 5.91 Å². The van der Waals surface area contributed by atoms with E-state index < -0.39 is 35.6 Å². The van der Waals surface area contributed by atoms with Crippen molar-refractivity contribution >= 4 is 28.9 Å². The van der Waals surface area contributed by atoms with Crippen LogP contribution < -0.4 is 9.47 Å². The topological polar surface area (TPSA) is 54.4 Å². The molecule has 0 bridgehead atoms. The summed E-state index contributed by atoms with van der Waals surface area (Å²) in [6, 6.07) is 6.04. The maximum Gasteiger partial charge on any atom is 0.416 e. The zero-order chi connectivity index (χ0) is 31.2. The van der Waals surface area contributed by atoms with Crippen LogP contribution in [0.5, 0.6) is 11.5 Å². The molecule has 1 saturated heterocycles. The van der Waals surface area contributed by atoms with E-state index in [4.69, 9.17) is 9.47 Å². The Morgan fingerprint density at radius 3 is 2.33 bits per heavy atom. The van der Waals surface area contributed by atoms with Crippen LogP contribution in [0.15, 0.2) is 46.3 Å². The molecule has 0 aromatic heterocycles. The van der Waals surface area contributed by atoms with E-state index in [1.165, 1.54) is 50.6 Å². The van der Waals surface area contributed by atoms with Gasteiger partial charge in [-0.1, -0.05) is 38.3 Å². The molecule has 0 spiro atoms. The number of amidine groups is 1. The molecule has 0 saturated carbocycles. The van der Waals surface area contributed by atoms with Crippen molar-refractivity contribution in [3.63, 3.8) is 0 Å². The Morgan fingerprint density at radius 1 is 0.930 bits per heavy atom. The van der Waals surface area contributed by atoms with Gasteiger partial charge in [0, 0.05) is 31.7 Å². The number of nitrogens with zero attached hydrogens (tertiary/aromatic N) is 3. The third kappa shape index (κ3) is 8.69.